The van der Waals surface area contributed by atoms with E-state index < -0.39 is 0 Å². The molecule has 2 amide bonds. The molecule has 0 bridgehead atoms. The van der Waals surface area contributed by atoms with E-state index >= 15 is 0 Å². The van der Waals surface area contributed by atoms with Crippen molar-refractivity contribution in [3.8, 4) is 0 Å². The molecule has 3 aromatic rings. The van der Waals surface area contributed by atoms with Crippen LogP contribution in [-0.4, -0.2) is 11.0 Å². The van der Waals surface area contributed by atoms with Crippen molar-refractivity contribution in [3.05, 3.63) is 65.3 Å². The summed E-state index contributed by atoms with van der Waals surface area (Å²) >= 11 is 1.72. The number of rotatable bonds is 5. The van der Waals surface area contributed by atoms with Crippen LogP contribution in [0.3, 0.4) is 0 Å². The minimum absolute atomic E-state index is 0.0791. The van der Waals surface area contributed by atoms with E-state index in [1.807, 2.05) is 24.3 Å². The van der Waals surface area contributed by atoms with Crippen LogP contribution in [0.2, 0.25) is 0 Å². The number of thiophene rings is 1. The summed E-state index contributed by atoms with van der Waals surface area (Å²) < 4.78 is 1.25. The van der Waals surface area contributed by atoms with Crippen LogP contribution in [-0.2, 0) is 6.54 Å². The van der Waals surface area contributed by atoms with Crippen molar-refractivity contribution in [2.75, 3.05) is 0 Å². The molecule has 0 aliphatic heterocycles. The molecule has 0 spiro atoms. The molecule has 0 radical (unpaired) electrons. The van der Waals surface area contributed by atoms with Gasteiger partial charge < -0.3 is 10.6 Å². The highest BCUT2D eigenvalue weighted by atomic mass is 32.1. The first-order valence-corrected chi connectivity index (χ1v) is 9.03. The number of aromatic nitrogens is 1. The zero-order valence-corrected chi connectivity index (χ0v) is 14.1. The van der Waals surface area contributed by atoms with Gasteiger partial charge in [-0.3, -0.25) is 4.98 Å². The van der Waals surface area contributed by atoms with Gasteiger partial charge in [-0.05, 0) is 54.0 Å². The number of nitrogens with one attached hydrogen (secondary N) is 2. The highest BCUT2D eigenvalue weighted by Gasteiger charge is 2.33. The lowest BCUT2D eigenvalue weighted by molar-refractivity contribution is 0.235. The van der Waals surface area contributed by atoms with E-state index in [1.54, 1.807) is 23.7 Å². The molecule has 1 saturated carbocycles. The summed E-state index contributed by atoms with van der Waals surface area (Å²) in [5.74, 6) is 0.544. The van der Waals surface area contributed by atoms with Crippen LogP contribution in [0.25, 0.3) is 10.1 Å². The van der Waals surface area contributed by atoms with Crippen molar-refractivity contribution in [2.24, 2.45) is 5.92 Å². The Kier molecular flexibility index (Phi) is 4.17. The summed E-state index contributed by atoms with van der Waals surface area (Å²) in [5.41, 5.74) is 1.13. The molecule has 4 rings (SSSR count). The van der Waals surface area contributed by atoms with E-state index in [0.717, 1.165) is 5.56 Å². The van der Waals surface area contributed by atoms with Gasteiger partial charge in [0.05, 0.1) is 12.6 Å². The molecule has 2 aromatic heterocycles. The van der Waals surface area contributed by atoms with Crippen molar-refractivity contribution in [1.82, 2.24) is 15.6 Å². The fraction of sp³-hybridized carbons (Fsp3) is 0.263. The van der Waals surface area contributed by atoms with Gasteiger partial charge in [0, 0.05) is 22.0 Å². The molecular formula is C19H19N3OS. The van der Waals surface area contributed by atoms with Crippen molar-refractivity contribution in [2.45, 2.75) is 25.4 Å². The number of nitrogens with zero attached hydrogens (tertiary/aromatic N) is 1. The van der Waals surface area contributed by atoms with Gasteiger partial charge in [0.25, 0.3) is 0 Å². The van der Waals surface area contributed by atoms with Gasteiger partial charge >= 0.3 is 6.03 Å². The lowest BCUT2D eigenvalue weighted by atomic mass is 10.0. The van der Waals surface area contributed by atoms with E-state index in [1.165, 1.54) is 27.8 Å². The summed E-state index contributed by atoms with van der Waals surface area (Å²) in [6, 6.07) is 14.4. The normalized spacial score (nSPS) is 15.2. The first kappa shape index (κ1) is 15.1. The zero-order chi connectivity index (χ0) is 16.4. The van der Waals surface area contributed by atoms with Crippen LogP contribution in [0.15, 0.2) is 54.9 Å². The third kappa shape index (κ3) is 3.41. The van der Waals surface area contributed by atoms with Crippen LogP contribution in [0.5, 0.6) is 0 Å². The largest absolute Gasteiger partial charge is 0.333 e. The van der Waals surface area contributed by atoms with Crippen LogP contribution in [0, 0.1) is 5.92 Å². The molecule has 1 aliphatic carbocycles. The summed E-state index contributed by atoms with van der Waals surface area (Å²) in [6.45, 7) is 0.554. The second-order valence-electron chi connectivity index (χ2n) is 6.17. The van der Waals surface area contributed by atoms with Crippen molar-refractivity contribution in [3.63, 3.8) is 0 Å². The molecule has 0 unspecified atom stereocenters. The van der Waals surface area contributed by atoms with E-state index in [-0.39, 0.29) is 12.1 Å². The predicted molar refractivity (Wildman–Crippen MR) is 96.9 cm³/mol. The first-order valence-electron chi connectivity index (χ1n) is 8.21. The van der Waals surface area contributed by atoms with Crippen LogP contribution >= 0.6 is 11.3 Å². The molecule has 0 saturated heterocycles. The lowest BCUT2D eigenvalue weighted by Gasteiger charge is -2.18. The van der Waals surface area contributed by atoms with Gasteiger partial charge in [-0.2, -0.15) is 0 Å². The smallest absolute Gasteiger partial charge is 0.315 e. The third-order valence-electron chi connectivity index (χ3n) is 4.34. The fourth-order valence-corrected chi connectivity index (χ4v) is 3.96. The van der Waals surface area contributed by atoms with Crippen molar-refractivity contribution < 1.29 is 4.79 Å². The molecule has 1 atom stereocenters. The zero-order valence-electron chi connectivity index (χ0n) is 13.2. The van der Waals surface area contributed by atoms with Crippen LogP contribution < -0.4 is 10.6 Å². The summed E-state index contributed by atoms with van der Waals surface area (Å²) in [4.78, 5) is 17.5. The van der Waals surface area contributed by atoms with Gasteiger partial charge in [0.15, 0.2) is 0 Å². The average Bonchev–Trinajstić information content (AvgIpc) is 3.37. The molecule has 5 heteroatoms. The van der Waals surface area contributed by atoms with Crippen LogP contribution in [0.4, 0.5) is 4.79 Å². The summed E-state index contributed by atoms with van der Waals surface area (Å²) in [6.07, 6.45) is 5.90. The Morgan fingerprint density at radius 3 is 2.75 bits per heavy atom. The first-order chi connectivity index (χ1) is 11.8. The third-order valence-corrected chi connectivity index (χ3v) is 5.46. The highest BCUT2D eigenvalue weighted by molar-refractivity contribution is 7.19. The quantitative estimate of drug-likeness (QED) is 0.731. The Morgan fingerprint density at radius 2 is 2.00 bits per heavy atom. The predicted octanol–water partition coefficient (Wildman–Crippen LogP) is 4.25. The van der Waals surface area contributed by atoms with Crippen molar-refractivity contribution in [1.29, 1.82) is 0 Å². The maximum atomic E-state index is 12.3. The van der Waals surface area contributed by atoms with E-state index in [0.29, 0.717) is 12.5 Å². The highest BCUT2D eigenvalue weighted by Crippen LogP contribution is 2.40. The topological polar surface area (TPSA) is 54.0 Å². The van der Waals surface area contributed by atoms with E-state index in [2.05, 4.69) is 33.8 Å². The van der Waals surface area contributed by atoms with Gasteiger partial charge in [-0.25, -0.2) is 4.79 Å². The number of hydrogen-bond acceptors (Lipinski definition) is 3. The Morgan fingerprint density at radius 1 is 1.21 bits per heavy atom. The summed E-state index contributed by atoms with van der Waals surface area (Å²) in [7, 11) is 0. The molecular weight excluding hydrogens is 318 g/mol. The van der Waals surface area contributed by atoms with Gasteiger partial charge in [0.1, 0.15) is 0 Å². The Hall–Kier alpha value is -2.40. The number of urea groups is 1. The molecule has 1 fully saturated rings. The van der Waals surface area contributed by atoms with Gasteiger partial charge in [0.2, 0.25) is 0 Å². The minimum Gasteiger partial charge on any atom is -0.333 e. The SMILES string of the molecule is O=C(NCc1cc2ccccc2s1)N[C@H](c1ccncc1)C1CC1. The number of benzene rings is 1. The number of carbonyl (C=O) groups is 1. The molecule has 24 heavy (non-hydrogen) atoms. The average molecular weight is 337 g/mol. The van der Waals surface area contributed by atoms with Crippen LogP contribution in [0.1, 0.15) is 29.3 Å². The molecule has 4 nitrogen and oxygen atoms in total. The maximum absolute atomic E-state index is 12.3. The number of amides is 2. The monoisotopic (exact) mass is 337 g/mol. The molecule has 2 heterocycles. The summed E-state index contributed by atoms with van der Waals surface area (Å²) in [5, 5.41) is 7.34. The molecule has 2 N–H and O–H groups in total. The molecule has 1 aromatic carbocycles. The fourth-order valence-electron chi connectivity index (χ4n) is 2.96. The Labute approximate surface area is 144 Å². The van der Waals surface area contributed by atoms with Gasteiger partial charge in [-0.15, -0.1) is 11.3 Å². The number of pyridine rings is 1. The standard InChI is InChI=1S/C19H19N3OS/c23-19(21-12-16-11-15-3-1-2-4-17(15)24-16)22-18(13-5-6-13)14-7-9-20-10-8-14/h1-4,7-11,13,18H,5-6,12H2,(H2,21,22,23)/t18-/m0/s1. The number of fused-ring (bicyclic) bond motifs is 1. The second kappa shape index (κ2) is 6.61. The molecule has 1 aliphatic rings. The lowest BCUT2D eigenvalue weighted by Crippen LogP contribution is -2.38. The number of hydrogen-bond donors (Lipinski definition) is 2. The van der Waals surface area contributed by atoms with Crippen molar-refractivity contribution >= 4 is 27.5 Å². The Balaban J connectivity index is 1.38. The molecule has 122 valence electrons. The van der Waals surface area contributed by atoms with E-state index in [4.69, 9.17) is 0 Å². The Bertz CT molecular complexity index is 809. The second-order valence-corrected chi connectivity index (χ2v) is 7.34. The van der Waals surface area contributed by atoms with Gasteiger partial charge in [-0.1, -0.05) is 18.2 Å². The minimum atomic E-state index is -0.110. The maximum Gasteiger partial charge on any atom is 0.315 e. The van der Waals surface area contributed by atoms with E-state index in [9.17, 15) is 4.79 Å². The number of carbonyl (C=O) groups excluding carboxylic acids is 1.